The van der Waals surface area contributed by atoms with Gasteiger partial charge in [0, 0.05) is 23.8 Å². The molecule has 0 radical (unpaired) electrons. The van der Waals surface area contributed by atoms with Crippen LogP contribution in [0.5, 0.6) is 0 Å². The summed E-state index contributed by atoms with van der Waals surface area (Å²) in [5.41, 5.74) is 7.43. The minimum absolute atomic E-state index is 0.0887. The van der Waals surface area contributed by atoms with Crippen LogP contribution in [0.15, 0.2) is 24.3 Å². The van der Waals surface area contributed by atoms with Crippen molar-refractivity contribution in [1.82, 2.24) is 0 Å². The summed E-state index contributed by atoms with van der Waals surface area (Å²) >= 11 is 0. The minimum atomic E-state index is 0.0887. The SMILES string of the molecule is CC(=O)c1ccc(NC(CN)C(C)C)cc1. The average molecular weight is 220 g/mol. The monoisotopic (exact) mass is 220 g/mol. The highest BCUT2D eigenvalue weighted by molar-refractivity contribution is 5.94. The van der Waals surface area contributed by atoms with E-state index in [1.807, 2.05) is 24.3 Å². The van der Waals surface area contributed by atoms with Crippen LogP contribution in [0.3, 0.4) is 0 Å². The third kappa shape index (κ3) is 3.35. The van der Waals surface area contributed by atoms with E-state index in [2.05, 4.69) is 19.2 Å². The van der Waals surface area contributed by atoms with Crippen molar-refractivity contribution in [1.29, 1.82) is 0 Å². The predicted octanol–water partition coefficient (Wildman–Crippen LogP) is 2.28. The number of nitrogens with one attached hydrogen (secondary N) is 1. The van der Waals surface area contributed by atoms with Crippen LogP contribution in [-0.4, -0.2) is 18.4 Å². The number of hydrogen-bond acceptors (Lipinski definition) is 3. The van der Waals surface area contributed by atoms with Gasteiger partial charge in [0.1, 0.15) is 0 Å². The Morgan fingerprint density at radius 1 is 1.31 bits per heavy atom. The van der Waals surface area contributed by atoms with Gasteiger partial charge in [0.15, 0.2) is 5.78 Å². The van der Waals surface area contributed by atoms with Crippen molar-refractivity contribution in [2.75, 3.05) is 11.9 Å². The van der Waals surface area contributed by atoms with Gasteiger partial charge in [0.05, 0.1) is 0 Å². The Bertz CT molecular complexity index is 343. The number of Topliss-reactive ketones (excluding diaryl/α,β-unsaturated/α-hetero) is 1. The molecule has 1 aromatic rings. The molecule has 0 saturated carbocycles. The van der Waals surface area contributed by atoms with E-state index < -0.39 is 0 Å². The molecule has 0 fully saturated rings. The fraction of sp³-hybridized carbons (Fsp3) is 0.462. The highest BCUT2D eigenvalue weighted by Gasteiger charge is 2.10. The Morgan fingerprint density at radius 2 is 1.88 bits per heavy atom. The van der Waals surface area contributed by atoms with Gasteiger partial charge < -0.3 is 11.1 Å². The fourth-order valence-corrected chi connectivity index (χ4v) is 1.51. The number of carbonyl (C=O) groups excluding carboxylic acids is 1. The van der Waals surface area contributed by atoms with Crippen molar-refractivity contribution < 1.29 is 4.79 Å². The molecule has 0 aliphatic rings. The Morgan fingerprint density at radius 3 is 2.25 bits per heavy atom. The number of rotatable bonds is 5. The summed E-state index contributed by atoms with van der Waals surface area (Å²) in [5, 5.41) is 3.36. The lowest BCUT2D eigenvalue weighted by Gasteiger charge is -2.21. The molecule has 1 atom stereocenters. The lowest BCUT2D eigenvalue weighted by atomic mass is 10.0. The molecule has 0 aromatic heterocycles. The highest BCUT2D eigenvalue weighted by atomic mass is 16.1. The maximum atomic E-state index is 11.1. The van der Waals surface area contributed by atoms with Gasteiger partial charge in [-0.3, -0.25) is 4.79 Å². The third-order valence-electron chi connectivity index (χ3n) is 2.70. The van der Waals surface area contributed by atoms with E-state index in [4.69, 9.17) is 5.73 Å². The molecule has 16 heavy (non-hydrogen) atoms. The number of anilines is 1. The molecule has 0 saturated heterocycles. The molecule has 3 N–H and O–H groups in total. The maximum absolute atomic E-state index is 11.1. The first-order valence-corrected chi connectivity index (χ1v) is 5.62. The van der Waals surface area contributed by atoms with Gasteiger partial charge in [-0.2, -0.15) is 0 Å². The number of nitrogens with two attached hydrogens (primary N) is 1. The summed E-state index contributed by atoms with van der Waals surface area (Å²) in [5.74, 6) is 0.572. The van der Waals surface area contributed by atoms with Crippen molar-refractivity contribution >= 4 is 11.5 Å². The molecular weight excluding hydrogens is 200 g/mol. The average Bonchev–Trinajstić information content (AvgIpc) is 2.26. The summed E-state index contributed by atoms with van der Waals surface area (Å²) in [7, 11) is 0. The standard InChI is InChI=1S/C13H20N2O/c1-9(2)13(8-14)15-12-6-4-11(5-7-12)10(3)16/h4-7,9,13,15H,8,14H2,1-3H3. The molecule has 3 heteroatoms. The van der Waals surface area contributed by atoms with Gasteiger partial charge >= 0.3 is 0 Å². The molecule has 0 heterocycles. The first-order chi connectivity index (χ1) is 7.54. The van der Waals surface area contributed by atoms with E-state index >= 15 is 0 Å². The van der Waals surface area contributed by atoms with E-state index in [0.29, 0.717) is 12.5 Å². The lowest BCUT2D eigenvalue weighted by molar-refractivity contribution is 0.101. The van der Waals surface area contributed by atoms with Crippen LogP contribution in [0.2, 0.25) is 0 Å². The van der Waals surface area contributed by atoms with Crippen LogP contribution in [0, 0.1) is 5.92 Å². The molecule has 0 amide bonds. The van der Waals surface area contributed by atoms with Gasteiger partial charge in [0.25, 0.3) is 0 Å². The fourth-order valence-electron chi connectivity index (χ4n) is 1.51. The topological polar surface area (TPSA) is 55.1 Å². The van der Waals surface area contributed by atoms with Crippen LogP contribution < -0.4 is 11.1 Å². The highest BCUT2D eigenvalue weighted by Crippen LogP contribution is 2.13. The molecule has 0 bridgehead atoms. The van der Waals surface area contributed by atoms with E-state index in [-0.39, 0.29) is 11.8 Å². The van der Waals surface area contributed by atoms with E-state index in [9.17, 15) is 4.79 Å². The van der Waals surface area contributed by atoms with Gasteiger partial charge in [-0.25, -0.2) is 0 Å². The third-order valence-corrected chi connectivity index (χ3v) is 2.70. The first kappa shape index (κ1) is 12.7. The molecule has 88 valence electrons. The molecule has 1 unspecified atom stereocenters. The molecule has 0 aliphatic carbocycles. The second-order valence-electron chi connectivity index (χ2n) is 4.36. The summed E-state index contributed by atoms with van der Waals surface area (Å²) in [4.78, 5) is 11.1. The molecule has 0 spiro atoms. The number of benzene rings is 1. The number of ketones is 1. The van der Waals surface area contributed by atoms with Gasteiger partial charge in [0.2, 0.25) is 0 Å². The normalized spacial score (nSPS) is 12.6. The van der Waals surface area contributed by atoms with Crippen molar-refractivity contribution in [2.45, 2.75) is 26.8 Å². The minimum Gasteiger partial charge on any atom is -0.381 e. The Kier molecular flexibility index (Phi) is 4.50. The number of hydrogen-bond donors (Lipinski definition) is 2. The molecular formula is C13H20N2O. The maximum Gasteiger partial charge on any atom is 0.159 e. The largest absolute Gasteiger partial charge is 0.381 e. The van der Waals surface area contributed by atoms with Crippen molar-refractivity contribution in [2.24, 2.45) is 11.7 Å². The zero-order chi connectivity index (χ0) is 12.1. The van der Waals surface area contributed by atoms with E-state index in [1.54, 1.807) is 6.92 Å². The second-order valence-corrected chi connectivity index (χ2v) is 4.36. The summed E-state index contributed by atoms with van der Waals surface area (Å²) in [6.45, 7) is 6.44. The lowest BCUT2D eigenvalue weighted by Crippen LogP contribution is -2.33. The van der Waals surface area contributed by atoms with Crippen molar-refractivity contribution in [3.8, 4) is 0 Å². The second kappa shape index (κ2) is 5.66. The smallest absolute Gasteiger partial charge is 0.159 e. The Balaban J connectivity index is 2.71. The van der Waals surface area contributed by atoms with Gasteiger partial charge in [-0.15, -0.1) is 0 Å². The van der Waals surface area contributed by atoms with E-state index in [0.717, 1.165) is 11.3 Å². The summed E-state index contributed by atoms with van der Waals surface area (Å²) in [6.07, 6.45) is 0. The quantitative estimate of drug-likeness (QED) is 0.748. The van der Waals surface area contributed by atoms with Crippen molar-refractivity contribution in [3.63, 3.8) is 0 Å². The van der Waals surface area contributed by atoms with Crippen LogP contribution >= 0.6 is 0 Å². The zero-order valence-electron chi connectivity index (χ0n) is 10.2. The zero-order valence-corrected chi connectivity index (χ0v) is 10.2. The molecule has 1 aromatic carbocycles. The number of carbonyl (C=O) groups is 1. The predicted molar refractivity (Wildman–Crippen MR) is 67.7 cm³/mol. The van der Waals surface area contributed by atoms with Crippen molar-refractivity contribution in [3.05, 3.63) is 29.8 Å². The van der Waals surface area contributed by atoms with Gasteiger partial charge in [-0.05, 0) is 37.1 Å². The molecule has 0 aliphatic heterocycles. The summed E-state index contributed by atoms with van der Waals surface area (Å²) < 4.78 is 0. The van der Waals surface area contributed by atoms with Crippen LogP contribution in [0.25, 0.3) is 0 Å². The van der Waals surface area contributed by atoms with Crippen LogP contribution in [-0.2, 0) is 0 Å². The van der Waals surface area contributed by atoms with Crippen LogP contribution in [0.1, 0.15) is 31.1 Å². The molecule has 1 rings (SSSR count). The van der Waals surface area contributed by atoms with Gasteiger partial charge in [-0.1, -0.05) is 13.8 Å². The first-order valence-electron chi connectivity index (χ1n) is 5.62. The Labute approximate surface area is 97.0 Å². The van der Waals surface area contributed by atoms with E-state index in [1.165, 1.54) is 0 Å². The van der Waals surface area contributed by atoms with Crippen LogP contribution in [0.4, 0.5) is 5.69 Å². The Hall–Kier alpha value is -1.35. The summed E-state index contributed by atoms with van der Waals surface area (Å²) in [6, 6.07) is 7.77. The molecule has 3 nitrogen and oxygen atoms in total.